The fraction of sp³-hybridized carbons (Fsp3) is 0.364. The lowest BCUT2D eigenvalue weighted by molar-refractivity contribution is -0.117. The van der Waals surface area contributed by atoms with Gasteiger partial charge in [-0.25, -0.2) is 0 Å². The highest BCUT2D eigenvalue weighted by molar-refractivity contribution is 6.01. The van der Waals surface area contributed by atoms with Crippen LogP contribution >= 0.6 is 0 Å². The summed E-state index contributed by atoms with van der Waals surface area (Å²) in [5.41, 5.74) is 3.32. The monoisotopic (exact) mass is 190 g/mol. The molecule has 0 saturated carbocycles. The van der Waals surface area contributed by atoms with Gasteiger partial charge in [0.25, 0.3) is 0 Å². The fourth-order valence-electron chi connectivity index (χ4n) is 1.73. The van der Waals surface area contributed by atoms with Gasteiger partial charge in [0.05, 0.1) is 6.42 Å². The van der Waals surface area contributed by atoms with Crippen molar-refractivity contribution in [3.63, 3.8) is 0 Å². The van der Waals surface area contributed by atoms with Crippen molar-refractivity contribution in [2.75, 3.05) is 30.9 Å². The van der Waals surface area contributed by atoms with E-state index in [0.717, 1.165) is 16.9 Å². The van der Waals surface area contributed by atoms with Crippen LogP contribution in [-0.2, 0) is 11.2 Å². The van der Waals surface area contributed by atoms with E-state index in [9.17, 15) is 4.79 Å². The Hall–Kier alpha value is -1.51. The Bertz CT molecular complexity index is 385. The zero-order chi connectivity index (χ0) is 10.3. The first kappa shape index (κ1) is 9.06. The van der Waals surface area contributed by atoms with Crippen molar-refractivity contribution in [2.24, 2.45) is 0 Å². The third-order valence-corrected chi connectivity index (χ3v) is 2.66. The largest absolute Gasteiger partial charge is 0.378 e. The van der Waals surface area contributed by atoms with E-state index in [-0.39, 0.29) is 5.91 Å². The number of rotatable bonds is 1. The molecule has 1 aliphatic rings. The second-order valence-corrected chi connectivity index (χ2v) is 3.84. The van der Waals surface area contributed by atoms with E-state index in [1.54, 1.807) is 4.90 Å². The summed E-state index contributed by atoms with van der Waals surface area (Å²) in [4.78, 5) is 15.2. The standard InChI is InChI=1S/C11H14N2O/c1-12(2)9-4-5-10-8(6-9)7-11(14)13(10)3/h4-6H,7H2,1-3H3. The van der Waals surface area contributed by atoms with Crippen molar-refractivity contribution in [3.8, 4) is 0 Å². The summed E-state index contributed by atoms with van der Waals surface area (Å²) in [6, 6.07) is 6.13. The SMILES string of the molecule is CN(C)c1ccc2c(c1)CC(=O)N2C. The molecule has 0 aromatic heterocycles. The topological polar surface area (TPSA) is 23.6 Å². The van der Waals surface area contributed by atoms with Crippen molar-refractivity contribution in [1.82, 2.24) is 0 Å². The highest BCUT2D eigenvalue weighted by Crippen LogP contribution is 2.30. The normalized spacial score (nSPS) is 14.5. The quantitative estimate of drug-likeness (QED) is 0.666. The number of carbonyl (C=O) groups excluding carboxylic acids is 1. The second-order valence-electron chi connectivity index (χ2n) is 3.84. The van der Waals surface area contributed by atoms with Crippen LogP contribution in [0.4, 0.5) is 11.4 Å². The third-order valence-electron chi connectivity index (χ3n) is 2.66. The molecular formula is C11H14N2O. The number of likely N-dealkylation sites (N-methyl/N-ethyl adjacent to an activating group) is 1. The Morgan fingerprint density at radius 3 is 2.71 bits per heavy atom. The van der Waals surface area contributed by atoms with Gasteiger partial charge in [-0.1, -0.05) is 0 Å². The molecule has 1 aromatic rings. The average molecular weight is 190 g/mol. The lowest BCUT2D eigenvalue weighted by Gasteiger charge is -2.15. The zero-order valence-electron chi connectivity index (χ0n) is 8.74. The average Bonchev–Trinajstić information content (AvgIpc) is 2.42. The number of fused-ring (bicyclic) bond motifs is 1. The van der Waals surface area contributed by atoms with E-state index >= 15 is 0 Å². The molecule has 0 atom stereocenters. The molecule has 0 unspecified atom stereocenters. The van der Waals surface area contributed by atoms with Crippen LogP contribution in [0, 0.1) is 0 Å². The van der Waals surface area contributed by atoms with Crippen LogP contribution in [0.5, 0.6) is 0 Å². The van der Waals surface area contributed by atoms with Crippen LogP contribution in [0.1, 0.15) is 5.56 Å². The molecule has 3 heteroatoms. The molecular weight excluding hydrogens is 176 g/mol. The number of benzene rings is 1. The third kappa shape index (κ3) is 1.25. The van der Waals surface area contributed by atoms with Gasteiger partial charge >= 0.3 is 0 Å². The van der Waals surface area contributed by atoms with Gasteiger partial charge in [-0.3, -0.25) is 4.79 Å². The number of carbonyl (C=O) groups is 1. The molecule has 14 heavy (non-hydrogen) atoms. The summed E-state index contributed by atoms with van der Waals surface area (Å²) >= 11 is 0. The molecule has 0 N–H and O–H groups in total. The van der Waals surface area contributed by atoms with Crippen molar-refractivity contribution < 1.29 is 4.79 Å². The summed E-state index contributed by atoms with van der Waals surface area (Å²) in [6.45, 7) is 0. The molecule has 1 aliphatic heterocycles. The first-order chi connectivity index (χ1) is 6.59. The number of nitrogens with zero attached hydrogens (tertiary/aromatic N) is 2. The van der Waals surface area contributed by atoms with Crippen LogP contribution in [-0.4, -0.2) is 27.1 Å². The van der Waals surface area contributed by atoms with Gasteiger partial charge in [0.2, 0.25) is 5.91 Å². The number of hydrogen-bond donors (Lipinski definition) is 0. The molecule has 0 fully saturated rings. The molecule has 0 spiro atoms. The summed E-state index contributed by atoms with van der Waals surface area (Å²) < 4.78 is 0. The number of anilines is 2. The van der Waals surface area contributed by atoms with Crippen LogP contribution < -0.4 is 9.80 Å². The summed E-state index contributed by atoms with van der Waals surface area (Å²) in [7, 11) is 5.83. The molecule has 1 amide bonds. The highest BCUT2D eigenvalue weighted by Gasteiger charge is 2.23. The minimum atomic E-state index is 0.177. The van der Waals surface area contributed by atoms with Crippen LogP contribution in [0.3, 0.4) is 0 Å². The summed E-state index contributed by atoms with van der Waals surface area (Å²) in [5.74, 6) is 0.177. The highest BCUT2D eigenvalue weighted by atomic mass is 16.2. The second kappa shape index (κ2) is 3.01. The fourth-order valence-corrected chi connectivity index (χ4v) is 1.73. The summed E-state index contributed by atoms with van der Waals surface area (Å²) in [6.07, 6.45) is 0.535. The molecule has 0 radical (unpaired) electrons. The van der Waals surface area contributed by atoms with E-state index < -0.39 is 0 Å². The Labute approximate surface area is 83.9 Å². The van der Waals surface area contributed by atoms with E-state index in [0.29, 0.717) is 6.42 Å². The van der Waals surface area contributed by atoms with Crippen molar-refractivity contribution in [3.05, 3.63) is 23.8 Å². The molecule has 74 valence electrons. The minimum Gasteiger partial charge on any atom is -0.378 e. The summed E-state index contributed by atoms with van der Waals surface area (Å²) in [5, 5.41) is 0. The van der Waals surface area contributed by atoms with Gasteiger partial charge in [0, 0.05) is 32.5 Å². The van der Waals surface area contributed by atoms with Crippen LogP contribution in [0.2, 0.25) is 0 Å². The smallest absolute Gasteiger partial charge is 0.231 e. The van der Waals surface area contributed by atoms with Gasteiger partial charge in [-0.05, 0) is 23.8 Å². The van der Waals surface area contributed by atoms with Gasteiger partial charge in [0.15, 0.2) is 0 Å². The lowest BCUT2D eigenvalue weighted by atomic mass is 10.1. The van der Waals surface area contributed by atoms with E-state index in [1.165, 1.54) is 0 Å². The predicted molar refractivity (Wildman–Crippen MR) is 57.9 cm³/mol. The van der Waals surface area contributed by atoms with Crippen LogP contribution in [0.15, 0.2) is 18.2 Å². The van der Waals surface area contributed by atoms with E-state index in [1.807, 2.05) is 38.2 Å². The number of amides is 1. The first-order valence-electron chi connectivity index (χ1n) is 4.66. The molecule has 2 rings (SSSR count). The minimum absolute atomic E-state index is 0.177. The molecule has 3 nitrogen and oxygen atoms in total. The maximum atomic E-state index is 11.4. The molecule has 1 aromatic carbocycles. The maximum Gasteiger partial charge on any atom is 0.231 e. The Morgan fingerprint density at radius 2 is 2.07 bits per heavy atom. The van der Waals surface area contributed by atoms with E-state index in [2.05, 4.69) is 6.07 Å². The zero-order valence-corrected chi connectivity index (χ0v) is 8.74. The van der Waals surface area contributed by atoms with Gasteiger partial charge in [0.1, 0.15) is 0 Å². The first-order valence-corrected chi connectivity index (χ1v) is 4.66. The molecule has 1 heterocycles. The van der Waals surface area contributed by atoms with Gasteiger partial charge < -0.3 is 9.80 Å². The van der Waals surface area contributed by atoms with Gasteiger partial charge in [-0.2, -0.15) is 0 Å². The Kier molecular flexibility index (Phi) is 1.95. The lowest BCUT2D eigenvalue weighted by Crippen LogP contribution is -2.20. The maximum absolute atomic E-state index is 11.4. The molecule has 0 saturated heterocycles. The van der Waals surface area contributed by atoms with E-state index in [4.69, 9.17) is 0 Å². The van der Waals surface area contributed by atoms with Crippen molar-refractivity contribution in [2.45, 2.75) is 6.42 Å². The number of hydrogen-bond acceptors (Lipinski definition) is 2. The molecule has 0 aliphatic carbocycles. The van der Waals surface area contributed by atoms with Crippen molar-refractivity contribution in [1.29, 1.82) is 0 Å². The Morgan fingerprint density at radius 1 is 1.36 bits per heavy atom. The predicted octanol–water partition coefficient (Wildman–Crippen LogP) is 1.27. The van der Waals surface area contributed by atoms with Crippen molar-refractivity contribution >= 4 is 17.3 Å². The molecule has 0 bridgehead atoms. The van der Waals surface area contributed by atoms with Gasteiger partial charge in [-0.15, -0.1) is 0 Å². The van der Waals surface area contributed by atoms with Crippen LogP contribution in [0.25, 0.3) is 0 Å². The Balaban J connectivity index is 2.44.